The van der Waals surface area contributed by atoms with Gasteiger partial charge in [-0.3, -0.25) is 0 Å². The van der Waals surface area contributed by atoms with Gasteiger partial charge in [0.1, 0.15) is 0 Å². The molecular weight excluding hydrogens is 835 g/mol. The highest BCUT2D eigenvalue weighted by Crippen LogP contribution is 2.56. The second kappa shape index (κ2) is 16.0. The third-order valence-corrected chi connectivity index (χ3v) is 15.7. The van der Waals surface area contributed by atoms with Crippen LogP contribution in [0, 0.1) is 6.92 Å². The molecule has 0 amide bonds. The lowest BCUT2D eigenvalue weighted by Crippen LogP contribution is -2.32. The molecule has 3 aliphatic rings. The van der Waals surface area contributed by atoms with E-state index in [1.54, 1.807) is 0 Å². The minimum absolute atomic E-state index is 0.109. The van der Waals surface area contributed by atoms with Crippen molar-refractivity contribution in [2.75, 3.05) is 14.7 Å². The van der Waals surface area contributed by atoms with Gasteiger partial charge in [0.25, 0.3) is 0 Å². The van der Waals surface area contributed by atoms with Crippen LogP contribution >= 0.6 is 0 Å². The van der Waals surface area contributed by atoms with Crippen LogP contribution in [0.5, 0.6) is 0 Å². The second-order valence-corrected chi connectivity index (χ2v) is 21.1. The van der Waals surface area contributed by atoms with Crippen molar-refractivity contribution < 1.29 is 0 Å². The van der Waals surface area contributed by atoms with Crippen LogP contribution in [0.4, 0.5) is 51.2 Å². The molecule has 0 spiro atoms. The van der Waals surface area contributed by atoms with Crippen molar-refractivity contribution in [1.82, 2.24) is 0 Å². The number of anilines is 9. The van der Waals surface area contributed by atoms with Crippen LogP contribution in [0.1, 0.15) is 103 Å². The monoisotopic (exact) mass is 893 g/mol. The van der Waals surface area contributed by atoms with Crippen LogP contribution in [0.3, 0.4) is 0 Å². The van der Waals surface area contributed by atoms with E-state index in [9.17, 15) is 0 Å². The summed E-state index contributed by atoms with van der Waals surface area (Å²) in [6.07, 6.45) is 1.64. The lowest BCUT2D eigenvalue weighted by molar-refractivity contribution is 0.624. The summed E-state index contributed by atoms with van der Waals surface area (Å²) in [5.74, 6) is 0. The fraction of sp³-hybridized carbons (Fsp3) is 0.182. The van der Waals surface area contributed by atoms with Crippen LogP contribution in [0.25, 0.3) is 0 Å². The Hall–Kier alpha value is -7.62. The van der Waals surface area contributed by atoms with E-state index in [0.717, 1.165) is 12.8 Å². The van der Waals surface area contributed by atoms with Gasteiger partial charge >= 0.3 is 0 Å². The highest BCUT2D eigenvalue weighted by molar-refractivity contribution is 5.90. The van der Waals surface area contributed by atoms with Crippen LogP contribution in [-0.4, -0.2) is 0 Å². The van der Waals surface area contributed by atoms with E-state index < -0.39 is 0 Å². The topological polar surface area (TPSA) is 9.72 Å². The number of hydrogen-bond acceptors (Lipinski definition) is 3. The molecule has 0 aromatic heterocycles. The number of fused-ring (bicyclic) bond motifs is 6. The van der Waals surface area contributed by atoms with Gasteiger partial charge < -0.3 is 14.7 Å². The van der Waals surface area contributed by atoms with Gasteiger partial charge in [0.15, 0.2) is 0 Å². The Labute approximate surface area is 409 Å². The highest BCUT2D eigenvalue weighted by Gasteiger charge is 2.41. The molecule has 3 heteroatoms. The summed E-state index contributed by atoms with van der Waals surface area (Å²) in [5.41, 5.74) is 25.2. The van der Waals surface area contributed by atoms with Gasteiger partial charge in [-0.2, -0.15) is 0 Å². The Morgan fingerprint density at radius 3 is 1.42 bits per heavy atom. The van der Waals surface area contributed by atoms with Crippen molar-refractivity contribution >= 4 is 51.2 Å². The summed E-state index contributed by atoms with van der Waals surface area (Å²) >= 11 is 0. The lowest BCUT2D eigenvalue weighted by Gasteiger charge is -2.43. The van der Waals surface area contributed by atoms with E-state index in [1.165, 1.54) is 112 Å². The molecule has 0 radical (unpaired) electrons. The average Bonchev–Trinajstić information content (AvgIpc) is 3.35. The number of nitrogens with zero attached hydrogens (tertiary/aromatic N) is 3. The molecule has 3 heterocycles. The normalized spacial score (nSPS) is 15.6. The smallest absolute Gasteiger partial charge is 0.0531 e. The van der Waals surface area contributed by atoms with E-state index in [0.29, 0.717) is 0 Å². The average molecular weight is 894 g/mol. The predicted molar refractivity (Wildman–Crippen MR) is 290 cm³/mol. The van der Waals surface area contributed by atoms with E-state index in [-0.39, 0.29) is 16.2 Å². The molecule has 0 N–H and O–H groups in total. The van der Waals surface area contributed by atoms with Gasteiger partial charge in [-0.15, -0.1) is 0 Å². The molecule has 0 unspecified atom stereocenters. The van der Waals surface area contributed by atoms with Gasteiger partial charge in [0, 0.05) is 33.3 Å². The number of para-hydroxylation sites is 5. The molecule has 0 bridgehead atoms. The van der Waals surface area contributed by atoms with Crippen LogP contribution in [-0.2, 0) is 29.1 Å². The zero-order chi connectivity index (χ0) is 47.2. The van der Waals surface area contributed by atoms with Crippen molar-refractivity contribution in [1.29, 1.82) is 0 Å². The maximum Gasteiger partial charge on any atom is 0.0531 e. The van der Waals surface area contributed by atoms with Gasteiger partial charge in [-0.25, -0.2) is 0 Å². The second-order valence-electron chi connectivity index (χ2n) is 21.1. The molecule has 12 rings (SSSR count). The van der Waals surface area contributed by atoms with Gasteiger partial charge in [-0.05, 0) is 148 Å². The lowest BCUT2D eigenvalue weighted by atomic mass is 9.70. The molecule has 69 heavy (non-hydrogen) atoms. The Morgan fingerprint density at radius 2 is 0.768 bits per heavy atom. The van der Waals surface area contributed by atoms with Gasteiger partial charge in [0.05, 0.1) is 34.1 Å². The van der Waals surface area contributed by atoms with Crippen molar-refractivity contribution in [2.45, 2.75) is 77.6 Å². The molecule has 0 fully saturated rings. The SMILES string of the molecule is Cc1cccc2c1N(c1cccc(Cc3ccc4c(c3)N(c3ccccc3)c3cc(Cc5cccc6c5C(C)(C)c5ccccc5N6c5ccccc5)ccc3C4(C)C)c1)c1ccccc1C2(C)C. The first-order valence-corrected chi connectivity index (χ1v) is 24.7. The van der Waals surface area contributed by atoms with E-state index in [2.05, 4.69) is 269 Å². The first-order valence-electron chi connectivity index (χ1n) is 24.7. The fourth-order valence-corrected chi connectivity index (χ4v) is 12.3. The van der Waals surface area contributed by atoms with Crippen LogP contribution in [0.15, 0.2) is 206 Å². The van der Waals surface area contributed by atoms with Crippen molar-refractivity contribution in [2.24, 2.45) is 0 Å². The van der Waals surface area contributed by atoms with Crippen molar-refractivity contribution in [3.8, 4) is 0 Å². The summed E-state index contributed by atoms with van der Waals surface area (Å²) in [4.78, 5) is 7.49. The van der Waals surface area contributed by atoms with Crippen molar-refractivity contribution in [3.63, 3.8) is 0 Å². The Balaban J connectivity index is 0.933. The first-order chi connectivity index (χ1) is 33.4. The van der Waals surface area contributed by atoms with E-state index in [4.69, 9.17) is 0 Å². The summed E-state index contributed by atoms with van der Waals surface area (Å²) in [6, 6.07) is 77.2. The van der Waals surface area contributed by atoms with Crippen LogP contribution < -0.4 is 14.7 Å². The van der Waals surface area contributed by atoms with E-state index in [1.807, 2.05) is 0 Å². The van der Waals surface area contributed by atoms with E-state index >= 15 is 0 Å². The summed E-state index contributed by atoms with van der Waals surface area (Å²) < 4.78 is 0. The first kappa shape index (κ1) is 42.7. The Morgan fingerprint density at radius 1 is 0.319 bits per heavy atom. The van der Waals surface area contributed by atoms with Gasteiger partial charge in [-0.1, -0.05) is 181 Å². The molecule has 0 saturated carbocycles. The molecule has 0 atom stereocenters. The summed E-state index contributed by atoms with van der Waals surface area (Å²) in [6.45, 7) is 16.6. The molecule has 0 saturated heterocycles. The summed E-state index contributed by atoms with van der Waals surface area (Å²) in [5, 5.41) is 0. The molecule has 9 aromatic carbocycles. The molecule has 3 nitrogen and oxygen atoms in total. The number of aryl methyl sites for hydroxylation is 1. The fourth-order valence-electron chi connectivity index (χ4n) is 12.3. The largest absolute Gasteiger partial charge is 0.310 e. The third-order valence-electron chi connectivity index (χ3n) is 15.7. The predicted octanol–water partition coefficient (Wildman–Crippen LogP) is 17.5. The van der Waals surface area contributed by atoms with Gasteiger partial charge in [0.2, 0.25) is 0 Å². The molecule has 338 valence electrons. The maximum absolute atomic E-state index is 2.53. The quantitative estimate of drug-likeness (QED) is 0.158. The highest BCUT2D eigenvalue weighted by atomic mass is 15.2. The van der Waals surface area contributed by atoms with Crippen molar-refractivity contribution in [3.05, 3.63) is 267 Å². The standard InChI is InChI=1S/C66H59N3/c1-44-21-18-31-56-63(44)69(58-33-17-14-29-52(58)65(56,4)5)51-28-19-22-45(41-51)39-46-35-37-54-60(42-46)68(50-26-12-9-13-27-50)61-43-47(36-38-55(61)64(54,2)3)40-48-23-20-34-59-62(48)66(6,7)53-30-15-16-32-57(53)67(59)49-24-10-8-11-25-49/h8-38,41-43H,39-40H2,1-7H3. The molecule has 9 aromatic rings. The Kier molecular flexibility index (Phi) is 9.90. The van der Waals surface area contributed by atoms with Crippen LogP contribution in [0.2, 0.25) is 0 Å². The zero-order valence-corrected chi connectivity index (χ0v) is 40.9. The minimum Gasteiger partial charge on any atom is -0.310 e. The number of rotatable bonds is 7. The minimum atomic E-state index is -0.221. The number of benzene rings is 9. The molecule has 3 aliphatic heterocycles. The third kappa shape index (κ3) is 6.77. The number of hydrogen-bond donors (Lipinski definition) is 0. The molecular formula is C66H59N3. The molecule has 0 aliphatic carbocycles. The Bertz CT molecular complexity index is 3450. The maximum atomic E-state index is 2.53. The zero-order valence-electron chi connectivity index (χ0n) is 40.9. The summed E-state index contributed by atoms with van der Waals surface area (Å²) in [7, 11) is 0.